The second-order valence-electron chi connectivity index (χ2n) is 10.0. The van der Waals surface area contributed by atoms with Gasteiger partial charge in [0, 0.05) is 24.5 Å². The van der Waals surface area contributed by atoms with Crippen molar-refractivity contribution in [3.05, 3.63) is 53.6 Å². The monoisotopic (exact) mass is 578 g/mol. The van der Waals surface area contributed by atoms with Gasteiger partial charge in [0.05, 0.1) is 11.5 Å². The van der Waals surface area contributed by atoms with E-state index >= 15 is 0 Å². The van der Waals surface area contributed by atoms with Gasteiger partial charge in [0.15, 0.2) is 11.6 Å². The Morgan fingerprint density at radius 2 is 1.64 bits per heavy atom. The van der Waals surface area contributed by atoms with Gasteiger partial charge in [-0.2, -0.15) is 8.70 Å². The Bertz CT molecular complexity index is 1260. The summed E-state index contributed by atoms with van der Waals surface area (Å²) in [6.07, 6.45) is -3.33. The van der Waals surface area contributed by atoms with Gasteiger partial charge in [-0.15, -0.1) is 13.2 Å². The number of sulfonamides is 1. The minimum Gasteiger partial charge on any atom is -0.490 e. The predicted octanol–water partition coefficient (Wildman–Crippen LogP) is 5.33. The Morgan fingerprint density at radius 3 is 2.23 bits per heavy atom. The molecule has 1 aliphatic rings. The maximum atomic E-state index is 13.9. The molecule has 1 heterocycles. The third-order valence-corrected chi connectivity index (χ3v) is 8.46. The molecule has 39 heavy (non-hydrogen) atoms. The van der Waals surface area contributed by atoms with E-state index in [-0.39, 0.29) is 47.9 Å². The van der Waals surface area contributed by atoms with Crippen LogP contribution in [-0.2, 0) is 14.8 Å². The van der Waals surface area contributed by atoms with Crippen LogP contribution in [0.3, 0.4) is 0 Å². The van der Waals surface area contributed by atoms with Crippen molar-refractivity contribution < 1.29 is 44.6 Å². The van der Waals surface area contributed by atoms with Crippen molar-refractivity contribution in [2.45, 2.75) is 63.8 Å². The van der Waals surface area contributed by atoms with Crippen LogP contribution in [0.4, 0.5) is 22.0 Å². The first kappa shape index (κ1) is 30.6. The van der Waals surface area contributed by atoms with Crippen LogP contribution in [0.25, 0.3) is 0 Å². The lowest BCUT2D eigenvalue weighted by Gasteiger charge is -2.34. The smallest absolute Gasteiger partial charge is 0.490 e. The summed E-state index contributed by atoms with van der Waals surface area (Å²) in [5.74, 6) is -2.94. The van der Waals surface area contributed by atoms with Crippen LogP contribution >= 0.6 is 0 Å². The van der Waals surface area contributed by atoms with Gasteiger partial charge in [0.2, 0.25) is 21.7 Å². The highest BCUT2D eigenvalue weighted by atomic mass is 32.2. The lowest BCUT2D eigenvalue weighted by Crippen LogP contribution is -2.49. The molecule has 1 amide bonds. The van der Waals surface area contributed by atoms with E-state index < -0.39 is 39.2 Å². The summed E-state index contributed by atoms with van der Waals surface area (Å²) in [6, 6.07) is 6.51. The number of halogens is 5. The number of hydrogen-bond acceptors (Lipinski definition) is 5. The number of carbonyl (C=O) groups excluding carboxylic acids is 1. The van der Waals surface area contributed by atoms with E-state index in [1.54, 1.807) is 13.8 Å². The molecule has 1 fully saturated rings. The number of hydrogen-bond donors (Lipinski definition) is 1. The maximum Gasteiger partial charge on any atom is 0.573 e. The van der Waals surface area contributed by atoms with E-state index in [1.165, 1.54) is 23.4 Å². The van der Waals surface area contributed by atoms with Crippen molar-refractivity contribution in [3.63, 3.8) is 0 Å². The summed E-state index contributed by atoms with van der Waals surface area (Å²) in [6.45, 7) is 5.29. The molecule has 0 aromatic heterocycles. The average molecular weight is 579 g/mol. The summed E-state index contributed by atoms with van der Waals surface area (Å²) in [5.41, 5.74) is -0.612. The van der Waals surface area contributed by atoms with Crippen LogP contribution in [0.2, 0.25) is 0 Å². The highest BCUT2D eigenvalue weighted by Crippen LogP contribution is 2.28. The second-order valence-corrected chi connectivity index (χ2v) is 12.0. The number of alkyl halides is 3. The van der Waals surface area contributed by atoms with Crippen LogP contribution in [0.5, 0.6) is 11.5 Å². The van der Waals surface area contributed by atoms with Crippen LogP contribution in [-0.4, -0.2) is 50.7 Å². The fourth-order valence-electron chi connectivity index (χ4n) is 4.13. The third kappa shape index (κ3) is 8.04. The normalized spacial score (nSPS) is 15.7. The number of nitrogens with zero attached hydrogens (tertiary/aromatic N) is 1. The zero-order valence-corrected chi connectivity index (χ0v) is 22.6. The van der Waals surface area contributed by atoms with Crippen molar-refractivity contribution in [3.8, 4) is 11.5 Å². The summed E-state index contributed by atoms with van der Waals surface area (Å²) in [4.78, 5) is 12.7. The number of rotatable bonds is 10. The van der Waals surface area contributed by atoms with Gasteiger partial charge >= 0.3 is 6.36 Å². The Morgan fingerprint density at radius 1 is 1.03 bits per heavy atom. The number of carbonyl (C=O) groups is 1. The van der Waals surface area contributed by atoms with Gasteiger partial charge in [-0.1, -0.05) is 19.9 Å². The average Bonchev–Trinajstić information content (AvgIpc) is 2.86. The zero-order valence-electron chi connectivity index (χ0n) is 21.8. The molecule has 0 atom stereocenters. The fourth-order valence-corrected chi connectivity index (χ4v) is 5.60. The molecule has 0 bridgehead atoms. The number of ether oxygens (including phenoxy) is 2. The Balaban J connectivity index is 1.46. The lowest BCUT2D eigenvalue weighted by molar-refractivity contribution is -0.274. The van der Waals surface area contributed by atoms with Gasteiger partial charge in [-0.25, -0.2) is 12.8 Å². The van der Waals surface area contributed by atoms with E-state index in [4.69, 9.17) is 4.74 Å². The Hall–Kier alpha value is -2.93. The summed E-state index contributed by atoms with van der Waals surface area (Å²) in [5, 5.41) is 2.95. The van der Waals surface area contributed by atoms with Crippen molar-refractivity contribution in [2.75, 3.05) is 19.7 Å². The summed E-state index contributed by atoms with van der Waals surface area (Å²) < 4.78 is 101. The molecule has 7 nitrogen and oxygen atoms in total. The molecule has 13 heteroatoms. The van der Waals surface area contributed by atoms with Crippen molar-refractivity contribution in [1.29, 1.82) is 0 Å². The summed E-state index contributed by atoms with van der Waals surface area (Å²) >= 11 is 0. The summed E-state index contributed by atoms with van der Waals surface area (Å²) in [7, 11) is -3.93. The molecular weight excluding hydrogens is 547 g/mol. The number of nitrogens with one attached hydrogen (secondary N) is 1. The van der Waals surface area contributed by atoms with Gasteiger partial charge in [-0.3, -0.25) is 4.79 Å². The molecule has 0 radical (unpaired) electrons. The fraction of sp³-hybridized carbons (Fsp3) is 0.500. The van der Waals surface area contributed by atoms with Gasteiger partial charge in [0.25, 0.3) is 0 Å². The quantitative estimate of drug-likeness (QED) is 0.305. The minimum absolute atomic E-state index is 0.0929. The standard InChI is InChI=1S/C26H31F5N2O5S/c1-17-5-10-21(23(28)22(17)27)37-16-4-13-25(2,3)24(34)32-18-11-14-33(15-12-18)39(35,36)20-8-6-19(7-9-20)38-26(29,30)31/h5-10,18H,4,11-16H2,1-3H3,(H,32,34). The SMILES string of the molecule is Cc1ccc(OCCCC(C)(C)C(=O)NC2CCN(S(=O)(=O)c3ccc(OC(F)(F)F)cc3)CC2)c(F)c1F. The lowest BCUT2D eigenvalue weighted by atomic mass is 9.86. The molecule has 0 saturated carbocycles. The van der Waals surface area contributed by atoms with E-state index in [2.05, 4.69) is 10.1 Å². The molecule has 1 aliphatic heterocycles. The topological polar surface area (TPSA) is 84.9 Å². The predicted molar refractivity (Wildman–Crippen MR) is 133 cm³/mol. The molecule has 3 rings (SSSR count). The van der Waals surface area contributed by atoms with Crippen molar-refractivity contribution in [1.82, 2.24) is 9.62 Å². The first-order chi connectivity index (χ1) is 18.1. The van der Waals surface area contributed by atoms with Crippen molar-refractivity contribution >= 4 is 15.9 Å². The highest BCUT2D eigenvalue weighted by Gasteiger charge is 2.34. The number of amides is 1. The first-order valence-corrected chi connectivity index (χ1v) is 13.8. The number of aryl methyl sites for hydroxylation is 1. The van der Waals surface area contributed by atoms with E-state index in [1.807, 2.05) is 0 Å². The number of piperidine rings is 1. The van der Waals surface area contributed by atoms with Gasteiger partial charge < -0.3 is 14.8 Å². The second kappa shape index (κ2) is 12.1. The molecule has 0 aliphatic carbocycles. The van der Waals surface area contributed by atoms with Crippen LogP contribution in [0.1, 0.15) is 45.1 Å². The van der Waals surface area contributed by atoms with Gasteiger partial charge in [-0.05, 0) is 68.5 Å². The largest absolute Gasteiger partial charge is 0.573 e. The Labute approximate surface area is 224 Å². The highest BCUT2D eigenvalue weighted by molar-refractivity contribution is 7.89. The van der Waals surface area contributed by atoms with E-state index in [0.29, 0.717) is 25.7 Å². The molecule has 0 spiro atoms. The zero-order chi connectivity index (χ0) is 29.0. The van der Waals surface area contributed by atoms with Crippen LogP contribution < -0.4 is 14.8 Å². The van der Waals surface area contributed by atoms with Crippen LogP contribution in [0, 0.1) is 24.0 Å². The molecule has 1 saturated heterocycles. The van der Waals surface area contributed by atoms with Gasteiger partial charge in [0.1, 0.15) is 5.75 Å². The first-order valence-electron chi connectivity index (χ1n) is 12.3. The molecule has 2 aromatic rings. The molecule has 1 N–H and O–H groups in total. The van der Waals surface area contributed by atoms with Crippen LogP contribution in [0.15, 0.2) is 41.3 Å². The van der Waals surface area contributed by atoms with E-state index in [9.17, 15) is 35.2 Å². The van der Waals surface area contributed by atoms with E-state index in [0.717, 1.165) is 24.3 Å². The number of benzene rings is 2. The molecular formula is C26H31F5N2O5S. The molecule has 216 valence electrons. The maximum absolute atomic E-state index is 13.9. The Kier molecular flexibility index (Phi) is 9.47. The minimum atomic E-state index is -4.88. The molecule has 0 unspecified atom stereocenters. The third-order valence-electron chi connectivity index (χ3n) is 6.54. The van der Waals surface area contributed by atoms with Crippen molar-refractivity contribution in [2.24, 2.45) is 5.41 Å². The molecule has 2 aromatic carbocycles.